The minimum atomic E-state index is -0.988. The van der Waals surface area contributed by atoms with Crippen LogP contribution in [0.2, 0.25) is 0 Å². The van der Waals surface area contributed by atoms with Gasteiger partial charge in [-0.2, -0.15) is 0 Å². The first-order chi connectivity index (χ1) is 12.0. The average molecular weight is 334 g/mol. The van der Waals surface area contributed by atoms with Crippen LogP contribution in [0.15, 0.2) is 66.9 Å². The van der Waals surface area contributed by atoms with Gasteiger partial charge in [-0.05, 0) is 48.4 Å². The van der Waals surface area contributed by atoms with Crippen molar-refractivity contribution in [3.05, 3.63) is 89.2 Å². The Labute approximate surface area is 145 Å². The summed E-state index contributed by atoms with van der Waals surface area (Å²) in [6.45, 7) is 2.37. The maximum absolute atomic E-state index is 12.6. The highest BCUT2D eigenvalue weighted by atomic mass is 16.4. The van der Waals surface area contributed by atoms with Gasteiger partial charge in [0.1, 0.15) is 5.69 Å². The molecule has 0 aliphatic rings. The third-order valence-electron chi connectivity index (χ3n) is 3.98. The maximum atomic E-state index is 12.6. The van der Waals surface area contributed by atoms with Gasteiger partial charge in [0.15, 0.2) is 0 Å². The molecular formula is C20H18N2O3. The van der Waals surface area contributed by atoms with Crippen molar-refractivity contribution in [2.45, 2.75) is 13.5 Å². The first-order valence-corrected chi connectivity index (χ1v) is 7.89. The van der Waals surface area contributed by atoms with E-state index in [1.165, 1.54) is 6.07 Å². The van der Waals surface area contributed by atoms with Gasteiger partial charge in [0.05, 0.1) is 5.56 Å². The van der Waals surface area contributed by atoms with E-state index in [-0.39, 0.29) is 11.5 Å². The lowest BCUT2D eigenvalue weighted by molar-refractivity contribution is 0.0696. The molecule has 0 saturated carbocycles. The third kappa shape index (κ3) is 3.77. The molecule has 3 rings (SSSR count). The van der Waals surface area contributed by atoms with Crippen LogP contribution in [0.4, 0.5) is 5.69 Å². The van der Waals surface area contributed by atoms with Gasteiger partial charge in [-0.25, -0.2) is 4.79 Å². The zero-order valence-corrected chi connectivity index (χ0v) is 13.8. The van der Waals surface area contributed by atoms with E-state index >= 15 is 0 Å². The molecule has 25 heavy (non-hydrogen) atoms. The van der Waals surface area contributed by atoms with Crippen LogP contribution in [0.25, 0.3) is 0 Å². The normalized spacial score (nSPS) is 10.4. The van der Waals surface area contributed by atoms with Crippen molar-refractivity contribution in [3.8, 4) is 0 Å². The molecule has 0 fully saturated rings. The Morgan fingerprint density at radius 2 is 1.80 bits per heavy atom. The molecule has 0 aliphatic heterocycles. The molecule has 126 valence electrons. The van der Waals surface area contributed by atoms with E-state index in [0.717, 1.165) is 5.56 Å². The van der Waals surface area contributed by atoms with Crippen molar-refractivity contribution in [3.63, 3.8) is 0 Å². The van der Waals surface area contributed by atoms with E-state index < -0.39 is 5.97 Å². The van der Waals surface area contributed by atoms with E-state index in [9.17, 15) is 9.59 Å². The Bertz CT molecular complexity index is 914. The molecule has 0 aliphatic carbocycles. The van der Waals surface area contributed by atoms with Gasteiger partial charge in [0.25, 0.3) is 5.91 Å². The maximum Gasteiger partial charge on any atom is 0.335 e. The molecular weight excluding hydrogens is 316 g/mol. The summed E-state index contributed by atoms with van der Waals surface area (Å²) in [7, 11) is 0. The smallest absolute Gasteiger partial charge is 0.335 e. The predicted molar refractivity (Wildman–Crippen MR) is 96.1 cm³/mol. The lowest BCUT2D eigenvalue weighted by Gasteiger charge is -2.12. The van der Waals surface area contributed by atoms with Gasteiger partial charge in [-0.3, -0.25) is 4.79 Å². The Morgan fingerprint density at radius 3 is 2.48 bits per heavy atom. The summed E-state index contributed by atoms with van der Waals surface area (Å²) < 4.78 is 1.88. The summed E-state index contributed by atoms with van der Waals surface area (Å²) >= 11 is 0. The largest absolute Gasteiger partial charge is 0.478 e. The molecule has 5 heteroatoms. The lowest BCUT2D eigenvalue weighted by atomic mass is 10.1. The minimum Gasteiger partial charge on any atom is -0.478 e. The number of benzene rings is 2. The number of aromatic nitrogens is 1. The van der Waals surface area contributed by atoms with Gasteiger partial charge >= 0.3 is 5.97 Å². The van der Waals surface area contributed by atoms with Crippen molar-refractivity contribution in [1.82, 2.24) is 4.57 Å². The molecule has 1 heterocycles. The van der Waals surface area contributed by atoms with E-state index in [1.54, 1.807) is 25.1 Å². The summed E-state index contributed by atoms with van der Waals surface area (Å²) in [5.74, 6) is -1.22. The van der Waals surface area contributed by atoms with Crippen LogP contribution in [-0.2, 0) is 6.54 Å². The standard InChI is InChI=1S/C20H18N2O3/c1-14-12-16(20(24)25)9-10-17(14)21-19(23)18-8-5-11-22(18)13-15-6-3-2-4-7-15/h2-12H,13H2,1H3,(H,21,23)(H,24,25). The number of nitrogens with zero attached hydrogens (tertiary/aromatic N) is 1. The highest BCUT2D eigenvalue weighted by molar-refractivity contribution is 6.04. The number of amides is 1. The summed E-state index contributed by atoms with van der Waals surface area (Å²) in [5, 5.41) is 11.9. The number of carboxylic acids is 1. The Balaban J connectivity index is 1.79. The van der Waals surface area contributed by atoms with E-state index in [4.69, 9.17) is 5.11 Å². The number of rotatable bonds is 5. The van der Waals surface area contributed by atoms with Crippen LogP contribution in [0.1, 0.15) is 32.0 Å². The number of carboxylic acid groups (broad SMARTS) is 1. The summed E-state index contributed by atoms with van der Waals surface area (Å²) in [6.07, 6.45) is 1.86. The zero-order valence-electron chi connectivity index (χ0n) is 13.8. The summed E-state index contributed by atoms with van der Waals surface area (Å²) in [5.41, 5.74) is 3.15. The molecule has 1 amide bonds. The predicted octanol–water partition coefficient (Wildman–Crippen LogP) is 3.80. The minimum absolute atomic E-state index is 0.197. The van der Waals surface area contributed by atoms with Gasteiger partial charge < -0.3 is 15.0 Å². The average Bonchev–Trinajstić information content (AvgIpc) is 3.05. The van der Waals surface area contributed by atoms with E-state index in [0.29, 0.717) is 23.5 Å². The van der Waals surface area contributed by atoms with Crippen LogP contribution in [0.5, 0.6) is 0 Å². The Hall–Kier alpha value is -3.34. The fourth-order valence-corrected chi connectivity index (χ4v) is 2.66. The summed E-state index contributed by atoms with van der Waals surface area (Å²) in [4.78, 5) is 23.6. The SMILES string of the molecule is Cc1cc(C(=O)O)ccc1NC(=O)c1cccn1Cc1ccccc1. The number of carbonyl (C=O) groups excluding carboxylic acids is 1. The first kappa shape index (κ1) is 16.5. The quantitative estimate of drug-likeness (QED) is 0.745. The highest BCUT2D eigenvalue weighted by Gasteiger charge is 2.13. The topological polar surface area (TPSA) is 71.3 Å². The number of carbonyl (C=O) groups is 2. The fourth-order valence-electron chi connectivity index (χ4n) is 2.66. The van der Waals surface area contributed by atoms with Crippen molar-refractivity contribution in [2.75, 3.05) is 5.32 Å². The van der Waals surface area contributed by atoms with Crippen LogP contribution in [-0.4, -0.2) is 21.6 Å². The van der Waals surface area contributed by atoms with Crippen molar-refractivity contribution < 1.29 is 14.7 Å². The number of hydrogen-bond donors (Lipinski definition) is 2. The van der Waals surface area contributed by atoms with Gasteiger partial charge in [0.2, 0.25) is 0 Å². The van der Waals surface area contributed by atoms with Crippen molar-refractivity contribution in [1.29, 1.82) is 0 Å². The Kier molecular flexibility index (Phi) is 4.66. The van der Waals surface area contributed by atoms with Crippen LogP contribution < -0.4 is 5.32 Å². The second-order valence-electron chi connectivity index (χ2n) is 5.80. The number of nitrogens with one attached hydrogen (secondary N) is 1. The number of anilines is 1. The molecule has 3 aromatic rings. The lowest BCUT2D eigenvalue weighted by Crippen LogP contribution is -2.18. The van der Waals surface area contributed by atoms with Gasteiger partial charge in [-0.1, -0.05) is 30.3 Å². The monoisotopic (exact) mass is 334 g/mol. The first-order valence-electron chi connectivity index (χ1n) is 7.89. The van der Waals surface area contributed by atoms with E-state index in [1.807, 2.05) is 47.2 Å². The van der Waals surface area contributed by atoms with Crippen LogP contribution >= 0.6 is 0 Å². The highest BCUT2D eigenvalue weighted by Crippen LogP contribution is 2.18. The van der Waals surface area contributed by atoms with Crippen LogP contribution in [0.3, 0.4) is 0 Å². The summed E-state index contributed by atoms with van der Waals surface area (Å²) in [6, 6.07) is 18.1. The number of hydrogen-bond acceptors (Lipinski definition) is 2. The Morgan fingerprint density at radius 1 is 1.04 bits per heavy atom. The van der Waals surface area contributed by atoms with Gasteiger partial charge in [0, 0.05) is 18.4 Å². The molecule has 0 radical (unpaired) electrons. The number of aryl methyl sites for hydroxylation is 1. The van der Waals surface area contributed by atoms with Crippen molar-refractivity contribution in [2.24, 2.45) is 0 Å². The van der Waals surface area contributed by atoms with Crippen molar-refractivity contribution >= 4 is 17.6 Å². The second-order valence-corrected chi connectivity index (χ2v) is 5.80. The molecule has 5 nitrogen and oxygen atoms in total. The second kappa shape index (κ2) is 7.05. The van der Waals surface area contributed by atoms with E-state index in [2.05, 4.69) is 5.32 Å². The molecule has 1 aromatic heterocycles. The molecule has 0 spiro atoms. The zero-order chi connectivity index (χ0) is 17.8. The number of aromatic carboxylic acids is 1. The molecule has 0 unspecified atom stereocenters. The molecule has 0 bridgehead atoms. The van der Waals surface area contributed by atoms with Crippen LogP contribution in [0, 0.1) is 6.92 Å². The van der Waals surface area contributed by atoms with Gasteiger partial charge in [-0.15, -0.1) is 0 Å². The molecule has 2 aromatic carbocycles. The molecule has 0 saturated heterocycles. The molecule has 2 N–H and O–H groups in total. The fraction of sp³-hybridized carbons (Fsp3) is 0.100. The molecule has 0 atom stereocenters. The third-order valence-corrected chi connectivity index (χ3v) is 3.98.